The average molecular weight is 251 g/mol. The topological polar surface area (TPSA) is 45.7 Å². The first kappa shape index (κ1) is 12.3. The highest BCUT2D eigenvalue weighted by Crippen LogP contribution is 2.60. The second-order valence-electron chi connectivity index (χ2n) is 6.08. The molecule has 0 aromatic heterocycles. The van der Waals surface area contributed by atoms with Gasteiger partial charge in [0.25, 0.3) is 0 Å². The minimum atomic E-state index is 0.377. The van der Waals surface area contributed by atoms with Gasteiger partial charge in [-0.25, -0.2) is 0 Å². The van der Waals surface area contributed by atoms with Crippen LogP contribution in [0.5, 0.6) is 0 Å². The average Bonchev–Trinajstić information content (AvgIpc) is 3.29. The van der Waals surface area contributed by atoms with E-state index in [-0.39, 0.29) is 0 Å². The van der Waals surface area contributed by atoms with E-state index in [1.165, 1.54) is 38.5 Å². The van der Waals surface area contributed by atoms with E-state index in [2.05, 4.69) is 15.6 Å². The van der Waals surface area contributed by atoms with E-state index >= 15 is 0 Å². The Kier molecular flexibility index (Phi) is 3.46. The zero-order chi connectivity index (χ0) is 12.4. The van der Waals surface area contributed by atoms with Crippen LogP contribution in [0, 0.1) is 11.3 Å². The summed E-state index contributed by atoms with van der Waals surface area (Å²) in [6.45, 7) is 2.90. The van der Waals surface area contributed by atoms with Crippen molar-refractivity contribution >= 4 is 5.96 Å². The number of nitrogens with zero attached hydrogens (tertiary/aromatic N) is 1. The number of guanidine groups is 1. The quantitative estimate of drug-likeness (QED) is 0.575. The summed E-state index contributed by atoms with van der Waals surface area (Å²) in [5.41, 5.74) is 0.626. The Balaban J connectivity index is 1.39. The molecular weight excluding hydrogens is 226 g/mol. The van der Waals surface area contributed by atoms with Crippen LogP contribution in [0.4, 0.5) is 0 Å². The van der Waals surface area contributed by atoms with E-state index < -0.39 is 0 Å². The lowest BCUT2D eigenvalue weighted by Gasteiger charge is -2.19. The van der Waals surface area contributed by atoms with Crippen molar-refractivity contribution in [1.29, 1.82) is 0 Å². The maximum Gasteiger partial charge on any atom is 0.191 e. The van der Waals surface area contributed by atoms with Gasteiger partial charge in [0.15, 0.2) is 5.96 Å². The van der Waals surface area contributed by atoms with E-state index in [1.54, 1.807) is 0 Å². The second-order valence-corrected chi connectivity index (χ2v) is 6.08. The summed E-state index contributed by atoms with van der Waals surface area (Å²) in [6, 6.07) is 0. The van der Waals surface area contributed by atoms with Crippen molar-refractivity contribution in [1.82, 2.24) is 10.6 Å². The van der Waals surface area contributed by atoms with Crippen molar-refractivity contribution in [2.45, 2.75) is 44.6 Å². The predicted molar refractivity (Wildman–Crippen MR) is 72.7 cm³/mol. The Morgan fingerprint density at radius 3 is 2.67 bits per heavy atom. The lowest BCUT2D eigenvalue weighted by atomic mass is 10.0. The zero-order valence-corrected chi connectivity index (χ0v) is 11.4. The maximum atomic E-state index is 5.61. The van der Waals surface area contributed by atoms with Gasteiger partial charge in [0.05, 0.1) is 6.10 Å². The van der Waals surface area contributed by atoms with Crippen molar-refractivity contribution in [2.75, 3.05) is 26.7 Å². The van der Waals surface area contributed by atoms with E-state index in [9.17, 15) is 0 Å². The number of ether oxygens (including phenoxy) is 1. The standard InChI is InChI=1S/C14H25N3O/c1-15-13(16-9-12-3-2-8-18-12)17-10-14(6-7-14)11-4-5-11/h11-12H,2-10H2,1H3,(H2,15,16,17). The number of aliphatic imine (C=N–C) groups is 1. The summed E-state index contributed by atoms with van der Waals surface area (Å²) in [7, 11) is 1.85. The summed E-state index contributed by atoms with van der Waals surface area (Å²) in [5, 5.41) is 6.89. The first-order valence-electron chi connectivity index (χ1n) is 7.38. The lowest BCUT2D eigenvalue weighted by molar-refractivity contribution is 0.113. The molecule has 0 amide bonds. The molecule has 18 heavy (non-hydrogen) atoms. The van der Waals surface area contributed by atoms with Gasteiger partial charge in [-0.1, -0.05) is 0 Å². The van der Waals surface area contributed by atoms with Crippen LogP contribution in [0.15, 0.2) is 4.99 Å². The summed E-state index contributed by atoms with van der Waals surface area (Å²) in [6.07, 6.45) is 8.47. The smallest absolute Gasteiger partial charge is 0.191 e. The van der Waals surface area contributed by atoms with E-state index in [4.69, 9.17) is 4.74 Å². The van der Waals surface area contributed by atoms with Crippen LogP contribution in [-0.2, 0) is 4.74 Å². The Morgan fingerprint density at radius 1 is 1.28 bits per heavy atom. The molecular formula is C14H25N3O. The Morgan fingerprint density at radius 2 is 2.11 bits per heavy atom. The molecule has 4 nitrogen and oxygen atoms in total. The highest BCUT2D eigenvalue weighted by atomic mass is 16.5. The number of hydrogen-bond donors (Lipinski definition) is 2. The molecule has 2 saturated carbocycles. The third kappa shape index (κ3) is 2.79. The molecule has 3 fully saturated rings. The molecule has 3 rings (SSSR count). The molecule has 2 aliphatic carbocycles. The van der Waals surface area contributed by atoms with Gasteiger partial charge in [0, 0.05) is 26.7 Å². The summed E-state index contributed by atoms with van der Waals surface area (Å²) < 4.78 is 5.61. The monoisotopic (exact) mass is 251 g/mol. The van der Waals surface area contributed by atoms with Crippen LogP contribution >= 0.6 is 0 Å². The van der Waals surface area contributed by atoms with Gasteiger partial charge in [-0.3, -0.25) is 4.99 Å². The fourth-order valence-corrected chi connectivity index (χ4v) is 3.08. The van der Waals surface area contributed by atoms with Crippen molar-refractivity contribution in [3.8, 4) is 0 Å². The van der Waals surface area contributed by atoms with Gasteiger partial charge in [0.1, 0.15) is 0 Å². The highest BCUT2D eigenvalue weighted by molar-refractivity contribution is 5.79. The van der Waals surface area contributed by atoms with Crippen molar-refractivity contribution in [3.05, 3.63) is 0 Å². The SMILES string of the molecule is CN=C(NCC1CCCO1)NCC1(C2CC2)CC1. The fourth-order valence-electron chi connectivity index (χ4n) is 3.08. The van der Waals surface area contributed by atoms with E-state index in [0.29, 0.717) is 11.5 Å². The minimum absolute atomic E-state index is 0.377. The van der Waals surface area contributed by atoms with Gasteiger partial charge < -0.3 is 15.4 Å². The Bertz CT molecular complexity index is 315. The molecule has 0 radical (unpaired) electrons. The van der Waals surface area contributed by atoms with Gasteiger partial charge >= 0.3 is 0 Å². The highest BCUT2D eigenvalue weighted by Gasteiger charge is 2.53. The molecule has 1 unspecified atom stereocenters. The molecule has 0 bridgehead atoms. The molecule has 1 atom stereocenters. The normalized spacial score (nSPS) is 30.3. The maximum absolute atomic E-state index is 5.61. The third-order valence-corrected chi connectivity index (χ3v) is 4.69. The molecule has 3 aliphatic rings. The van der Waals surface area contributed by atoms with E-state index in [0.717, 1.165) is 31.6 Å². The fraction of sp³-hybridized carbons (Fsp3) is 0.929. The predicted octanol–water partition coefficient (Wildman–Crippen LogP) is 1.52. The van der Waals surface area contributed by atoms with Crippen LogP contribution in [0.2, 0.25) is 0 Å². The molecule has 0 aromatic rings. The van der Waals surface area contributed by atoms with Crippen LogP contribution in [-0.4, -0.2) is 38.8 Å². The lowest BCUT2D eigenvalue weighted by Crippen LogP contribution is -2.43. The van der Waals surface area contributed by atoms with Crippen molar-refractivity contribution in [3.63, 3.8) is 0 Å². The molecule has 0 aromatic carbocycles. The van der Waals surface area contributed by atoms with Crippen molar-refractivity contribution in [2.24, 2.45) is 16.3 Å². The minimum Gasteiger partial charge on any atom is -0.376 e. The van der Waals surface area contributed by atoms with Crippen molar-refractivity contribution < 1.29 is 4.74 Å². The second kappa shape index (κ2) is 5.08. The molecule has 102 valence electrons. The Labute approximate surface area is 110 Å². The first-order valence-corrected chi connectivity index (χ1v) is 7.38. The molecule has 0 spiro atoms. The molecule has 1 aliphatic heterocycles. The van der Waals surface area contributed by atoms with Gasteiger partial charge in [-0.05, 0) is 49.9 Å². The summed E-state index contributed by atoms with van der Waals surface area (Å²) in [4.78, 5) is 4.30. The molecule has 4 heteroatoms. The van der Waals surface area contributed by atoms with Gasteiger partial charge in [-0.15, -0.1) is 0 Å². The summed E-state index contributed by atoms with van der Waals surface area (Å²) >= 11 is 0. The number of hydrogen-bond acceptors (Lipinski definition) is 2. The Hall–Kier alpha value is -0.770. The summed E-state index contributed by atoms with van der Waals surface area (Å²) in [5.74, 6) is 1.94. The number of rotatable bonds is 5. The van der Waals surface area contributed by atoms with Gasteiger partial charge in [0.2, 0.25) is 0 Å². The molecule has 2 N–H and O–H groups in total. The van der Waals surface area contributed by atoms with Crippen LogP contribution in [0.1, 0.15) is 38.5 Å². The largest absolute Gasteiger partial charge is 0.376 e. The first-order chi connectivity index (χ1) is 8.82. The molecule has 1 heterocycles. The zero-order valence-electron chi connectivity index (χ0n) is 11.4. The van der Waals surface area contributed by atoms with E-state index in [1.807, 2.05) is 7.05 Å². The van der Waals surface area contributed by atoms with Gasteiger partial charge in [-0.2, -0.15) is 0 Å². The van der Waals surface area contributed by atoms with Crippen LogP contribution in [0.25, 0.3) is 0 Å². The third-order valence-electron chi connectivity index (χ3n) is 4.69. The van der Waals surface area contributed by atoms with Crippen LogP contribution in [0.3, 0.4) is 0 Å². The number of nitrogens with one attached hydrogen (secondary N) is 2. The van der Waals surface area contributed by atoms with Crippen LogP contribution < -0.4 is 10.6 Å². The molecule has 1 saturated heterocycles.